The average molecular weight is 298 g/mol. The van der Waals surface area contributed by atoms with Crippen molar-refractivity contribution in [2.24, 2.45) is 0 Å². The molecule has 0 spiro atoms. The second kappa shape index (κ2) is 8.67. The molecular weight excluding hydrogens is 268 g/mol. The average Bonchev–Trinajstić information content (AvgIpc) is 2.50. The summed E-state index contributed by atoms with van der Waals surface area (Å²) in [4.78, 5) is 0. The van der Waals surface area contributed by atoms with Gasteiger partial charge in [0.2, 0.25) is 0 Å². The molecular formula is C20H30N2. The summed E-state index contributed by atoms with van der Waals surface area (Å²) < 4.78 is 0. The Morgan fingerprint density at radius 2 is 1.45 bits per heavy atom. The number of nitrogen functional groups attached to an aromatic ring is 2. The number of aryl methyl sites for hydroxylation is 1. The van der Waals surface area contributed by atoms with Crippen molar-refractivity contribution in [1.29, 1.82) is 0 Å². The fourth-order valence-corrected chi connectivity index (χ4v) is 3.08. The molecule has 2 aromatic rings. The van der Waals surface area contributed by atoms with Gasteiger partial charge in [0.1, 0.15) is 0 Å². The number of rotatable bonds is 9. The molecule has 2 aromatic carbocycles. The lowest BCUT2D eigenvalue weighted by Gasteiger charge is -2.07. The maximum atomic E-state index is 6.08. The third-order valence-corrected chi connectivity index (χ3v) is 4.39. The van der Waals surface area contributed by atoms with Crippen LogP contribution in [0.2, 0.25) is 0 Å². The minimum atomic E-state index is 0.737. The highest BCUT2D eigenvalue weighted by molar-refractivity contribution is 5.95. The molecule has 0 saturated carbocycles. The Balaban J connectivity index is 1.78. The van der Waals surface area contributed by atoms with Crippen LogP contribution in [0.5, 0.6) is 0 Å². The minimum absolute atomic E-state index is 0.737. The molecule has 0 atom stereocenters. The van der Waals surface area contributed by atoms with Crippen LogP contribution in [0, 0.1) is 0 Å². The van der Waals surface area contributed by atoms with Crippen LogP contribution < -0.4 is 11.5 Å². The van der Waals surface area contributed by atoms with Crippen LogP contribution in [0.3, 0.4) is 0 Å². The Labute approximate surface area is 134 Å². The van der Waals surface area contributed by atoms with Gasteiger partial charge >= 0.3 is 0 Å². The minimum Gasteiger partial charge on any atom is -0.399 e. The molecule has 2 rings (SSSR count). The van der Waals surface area contributed by atoms with Crippen molar-refractivity contribution in [2.75, 3.05) is 11.5 Å². The van der Waals surface area contributed by atoms with Crippen molar-refractivity contribution >= 4 is 22.1 Å². The zero-order valence-electron chi connectivity index (χ0n) is 13.9. The highest BCUT2D eigenvalue weighted by atomic mass is 14.6. The lowest BCUT2D eigenvalue weighted by atomic mass is 10.0. The van der Waals surface area contributed by atoms with Crippen LogP contribution in [-0.2, 0) is 6.42 Å². The number of hydrogen-bond acceptors (Lipinski definition) is 2. The van der Waals surface area contributed by atoms with Crippen LogP contribution in [-0.4, -0.2) is 0 Å². The molecule has 0 aliphatic carbocycles. The second-order valence-corrected chi connectivity index (χ2v) is 6.39. The number of nitrogens with two attached hydrogens (primary N) is 2. The summed E-state index contributed by atoms with van der Waals surface area (Å²) >= 11 is 0. The zero-order chi connectivity index (χ0) is 15.8. The van der Waals surface area contributed by atoms with Crippen molar-refractivity contribution in [3.63, 3.8) is 0 Å². The summed E-state index contributed by atoms with van der Waals surface area (Å²) in [5.74, 6) is 0. The molecule has 120 valence electrons. The molecule has 0 heterocycles. The van der Waals surface area contributed by atoms with Crippen molar-refractivity contribution in [3.8, 4) is 0 Å². The first kappa shape index (κ1) is 16.7. The Morgan fingerprint density at radius 3 is 2.18 bits per heavy atom. The summed E-state index contributed by atoms with van der Waals surface area (Å²) in [6.45, 7) is 2.27. The van der Waals surface area contributed by atoms with Gasteiger partial charge in [-0.15, -0.1) is 0 Å². The van der Waals surface area contributed by atoms with Crippen molar-refractivity contribution in [3.05, 3.63) is 35.9 Å². The van der Waals surface area contributed by atoms with E-state index in [1.165, 1.54) is 56.9 Å². The Morgan fingerprint density at radius 1 is 0.773 bits per heavy atom. The number of fused-ring (bicyclic) bond motifs is 1. The van der Waals surface area contributed by atoms with Gasteiger partial charge in [0.15, 0.2) is 0 Å². The molecule has 2 nitrogen and oxygen atoms in total. The van der Waals surface area contributed by atoms with Crippen molar-refractivity contribution in [2.45, 2.75) is 64.7 Å². The Hall–Kier alpha value is -1.70. The van der Waals surface area contributed by atoms with Gasteiger partial charge in [-0.05, 0) is 42.0 Å². The van der Waals surface area contributed by atoms with Crippen molar-refractivity contribution in [1.82, 2.24) is 0 Å². The fraction of sp³-hybridized carbons (Fsp3) is 0.500. The summed E-state index contributed by atoms with van der Waals surface area (Å²) in [5.41, 5.74) is 14.8. The highest BCUT2D eigenvalue weighted by Crippen LogP contribution is 2.26. The van der Waals surface area contributed by atoms with E-state index in [1.807, 2.05) is 12.1 Å². The Kier molecular flexibility index (Phi) is 6.57. The van der Waals surface area contributed by atoms with E-state index in [0.29, 0.717) is 0 Å². The van der Waals surface area contributed by atoms with Gasteiger partial charge in [0.25, 0.3) is 0 Å². The summed E-state index contributed by atoms with van der Waals surface area (Å²) in [5, 5.41) is 2.27. The Bertz CT molecular complexity index is 590. The number of anilines is 2. The lowest BCUT2D eigenvalue weighted by molar-refractivity contribution is 0.575. The van der Waals surface area contributed by atoms with Gasteiger partial charge in [-0.2, -0.15) is 0 Å². The van der Waals surface area contributed by atoms with Gasteiger partial charge in [-0.1, -0.05) is 64.0 Å². The van der Waals surface area contributed by atoms with Gasteiger partial charge in [-0.3, -0.25) is 0 Å². The summed E-state index contributed by atoms with van der Waals surface area (Å²) in [6.07, 6.45) is 12.1. The molecule has 22 heavy (non-hydrogen) atoms. The van der Waals surface area contributed by atoms with Crippen LogP contribution in [0.1, 0.15) is 63.9 Å². The maximum Gasteiger partial charge on any atom is 0.0414 e. The van der Waals surface area contributed by atoms with Gasteiger partial charge in [-0.25, -0.2) is 0 Å². The van der Waals surface area contributed by atoms with Gasteiger partial charge in [0, 0.05) is 16.8 Å². The fourth-order valence-electron chi connectivity index (χ4n) is 3.08. The first-order chi connectivity index (χ1) is 10.7. The third kappa shape index (κ3) is 4.94. The number of hydrogen-bond donors (Lipinski definition) is 2. The summed E-state index contributed by atoms with van der Waals surface area (Å²) in [7, 11) is 0. The normalized spacial score (nSPS) is 11.1. The quantitative estimate of drug-likeness (QED) is 0.461. The van der Waals surface area contributed by atoms with E-state index < -0.39 is 0 Å². The molecule has 4 N–H and O–H groups in total. The first-order valence-electron chi connectivity index (χ1n) is 8.78. The monoisotopic (exact) mass is 298 g/mol. The van der Waals surface area contributed by atoms with E-state index in [9.17, 15) is 0 Å². The largest absolute Gasteiger partial charge is 0.399 e. The topological polar surface area (TPSA) is 52.0 Å². The van der Waals surface area contributed by atoms with E-state index in [0.717, 1.165) is 28.6 Å². The van der Waals surface area contributed by atoms with Crippen LogP contribution in [0.15, 0.2) is 30.3 Å². The van der Waals surface area contributed by atoms with E-state index in [2.05, 4.69) is 25.1 Å². The highest BCUT2D eigenvalue weighted by Gasteiger charge is 2.02. The molecule has 0 saturated heterocycles. The standard InChI is InChI=1S/C20H30N2/c1-2-3-4-5-6-7-8-9-10-16-11-12-17-14-18(21)15-20(22)19(17)13-16/h11-15H,2-10,21-22H2,1H3. The predicted molar refractivity (Wildman–Crippen MR) is 99.1 cm³/mol. The smallest absolute Gasteiger partial charge is 0.0414 e. The molecule has 0 unspecified atom stereocenters. The van der Waals surface area contributed by atoms with Gasteiger partial charge < -0.3 is 11.5 Å². The third-order valence-electron chi connectivity index (χ3n) is 4.39. The second-order valence-electron chi connectivity index (χ2n) is 6.39. The maximum absolute atomic E-state index is 6.08. The molecule has 0 aromatic heterocycles. The lowest BCUT2D eigenvalue weighted by Crippen LogP contribution is -1.93. The zero-order valence-corrected chi connectivity index (χ0v) is 13.9. The molecule has 0 amide bonds. The van der Waals surface area contributed by atoms with Gasteiger partial charge in [0.05, 0.1) is 0 Å². The van der Waals surface area contributed by atoms with Crippen LogP contribution in [0.25, 0.3) is 10.8 Å². The first-order valence-corrected chi connectivity index (χ1v) is 8.78. The van der Waals surface area contributed by atoms with E-state index in [4.69, 9.17) is 11.5 Å². The SMILES string of the molecule is CCCCCCCCCCc1ccc2cc(N)cc(N)c2c1. The number of benzene rings is 2. The van der Waals surface area contributed by atoms with Crippen LogP contribution >= 0.6 is 0 Å². The molecule has 0 radical (unpaired) electrons. The van der Waals surface area contributed by atoms with E-state index >= 15 is 0 Å². The van der Waals surface area contributed by atoms with E-state index in [1.54, 1.807) is 0 Å². The molecule has 0 aliphatic rings. The summed E-state index contributed by atoms with van der Waals surface area (Å²) in [6, 6.07) is 10.4. The molecule has 0 bridgehead atoms. The molecule has 2 heteroatoms. The van der Waals surface area contributed by atoms with Crippen LogP contribution in [0.4, 0.5) is 11.4 Å². The number of unbranched alkanes of at least 4 members (excludes halogenated alkanes) is 7. The predicted octanol–water partition coefficient (Wildman–Crippen LogP) is 5.69. The molecule has 0 aliphatic heterocycles. The van der Waals surface area contributed by atoms with Crippen molar-refractivity contribution < 1.29 is 0 Å². The van der Waals surface area contributed by atoms with E-state index in [-0.39, 0.29) is 0 Å². The molecule has 0 fully saturated rings.